The molecule has 0 spiro atoms. The van der Waals surface area contributed by atoms with E-state index in [1.54, 1.807) is 43.3 Å². The quantitative estimate of drug-likeness (QED) is 0.850. The molecule has 22 heavy (non-hydrogen) atoms. The molecule has 5 heteroatoms. The van der Waals surface area contributed by atoms with Crippen molar-refractivity contribution in [3.63, 3.8) is 0 Å². The summed E-state index contributed by atoms with van der Waals surface area (Å²) in [7, 11) is 0. The lowest BCUT2D eigenvalue weighted by Crippen LogP contribution is -2.30. The van der Waals surface area contributed by atoms with Crippen molar-refractivity contribution < 1.29 is 9.53 Å². The van der Waals surface area contributed by atoms with Crippen LogP contribution in [0.1, 0.15) is 18.1 Å². The van der Waals surface area contributed by atoms with Gasteiger partial charge in [-0.05, 0) is 62.2 Å². The van der Waals surface area contributed by atoms with Gasteiger partial charge in [-0.15, -0.1) is 0 Å². The van der Waals surface area contributed by atoms with E-state index in [1.165, 1.54) is 0 Å². The number of hydrogen-bond acceptors (Lipinski definition) is 2. The molecule has 0 saturated carbocycles. The summed E-state index contributed by atoms with van der Waals surface area (Å²) in [4.78, 5) is 12.2. The van der Waals surface area contributed by atoms with Gasteiger partial charge in [0.25, 0.3) is 5.91 Å². The number of rotatable bonds is 4. The standard InChI is InChI=1S/C17H17Cl2NO2/c1-10-9-13(7-8-14(10)18)22-12(3)17(21)20-16-6-4-5-15(19)11(16)2/h4-9,12H,1-3H3,(H,20,21)/t12-/m0/s1. The third-order valence-electron chi connectivity index (χ3n) is 3.34. The van der Waals surface area contributed by atoms with Gasteiger partial charge in [0.1, 0.15) is 5.75 Å². The predicted octanol–water partition coefficient (Wildman–Crippen LogP) is 5.02. The second kappa shape index (κ2) is 7.03. The highest BCUT2D eigenvalue weighted by atomic mass is 35.5. The third-order valence-corrected chi connectivity index (χ3v) is 4.17. The molecule has 0 saturated heterocycles. The molecule has 2 aromatic carbocycles. The highest BCUT2D eigenvalue weighted by Crippen LogP contribution is 2.24. The molecule has 2 aromatic rings. The van der Waals surface area contributed by atoms with Crippen LogP contribution in [0.2, 0.25) is 10.0 Å². The van der Waals surface area contributed by atoms with E-state index in [4.69, 9.17) is 27.9 Å². The minimum absolute atomic E-state index is 0.238. The van der Waals surface area contributed by atoms with E-state index in [0.29, 0.717) is 21.5 Å². The average molecular weight is 338 g/mol. The smallest absolute Gasteiger partial charge is 0.265 e. The summed E-state index contributed by atoms with van der Waals surface area (Å²) in [5, 5.41) is 4.10. The Kier molecular flexibility index (Phi) is 5.33. The number of nitrogens with one attached hydrogen (secondary N) is 1. The Morgan fingerprint density at radius 2 is 1.86 bits per heavy atom. The SMILES string of the molecule is Cc1cc(O[C@@H](C)C(=O)Nc2cccc(Cl)c2C)ccc1Cl. The minimum Gasteiger partial charge on any atom is -0.481 e. The highest BCUT2D eigenvalue weighted by molar-refractivity contribution is 6.32. The molecule has 0 aliphatic heterocycles. The van der Waals surface area contributed by atoms with Crippen molar-refractivity contribution in [3.8, 4) is 5.75 Å². The maximum atomic E-state index is 12.2. The number of anilines is 1. The normalized spacial score (nSPS) is 11.9. The van der Waals surface area contributed by atoms with Crippen molar-refractivity contribution in [2.24, 2.45) is 0 Å². The van der Waals surface area contributed by atoms with E-state index in [9.17, 15) is 4.79 Å². The number of benzene rings is 2. The first-order valence-corrected chi connectivity index (χ1v) is 7.63. The van der Waals surface area contributed by atoms with E-state index < -0.39 is 6.10 Å². The zero-order chi connectivity index (χ0) is 16.3. The van der Waals surface area contributed by atoms with Crippen LogP contribution in [0.15, 0.2) is 36.4 Å². The number of amides is 1. The molecule has 116 valence electrons. The number of carbonyl (C=O) groups is 1. The number of aryl methyl sites for hydroxylation is 1. The molecule has 0 heterocycles. The van der Waals surface area contributed by atoms with Crippen molar-refractivity contribution in [3.05, 3.63) is 57.6 Å². The Morgan fingerprint density at radius 1 is 1.14 bits per heavy atom. The minimum atomic E-state index is -0.640. The van der Waals surface area contributed by atoms with Gasteiger partial charge < -0.3 is 10.1 Å². The summed E-state index contributed by atoms with van der Waals surface area (Å²) < 4.78 is 5.65. The third kappa shape index (κ3) is 3.93. The number of ether oxygens (including phenoxy) is 1. The Morgan fingerprint density at radius 3 is 2.55 bits per heavy atom. The van der Waals surface area contributed by atoms with Crippen LogP contribution >= 0.6 is 23.2 Å². The Hall–Kier alpha value is -1.71. The lowest BCUT2D eigenvalue weighted by Gasteiger charge is -2.16. The molecule has 0 unspecified atom stereocenters. The van der Waals surface area contributed by atoms with Crippen LogP contribution in [-0.4, -0.2) is 12.0 Å². The molecule has 0 radical (unpaired) electrons. The van der Waals surface area contributed by atoms with Crippen LogP contribution in [0.3, 0.4) is 0 Å². The maximum Gasteiger partial charge on any atom is 0.265 e. The molecule has 1 amide bonds. The first-order valence-electron chi connectivity index (χ1n) is 6.87. The lowest BCUT2D eigenvalue weighted by molar-refractivity contribution is -0.122. The van der Waals surface area contributed by atoms with Gasteiger partial charge in [-0.25, -0.2) is 0 Å². The van der Waals surface area contributed by atoms with Crippen LogP contribution in [0.4, 0.5) is 5.69 Å². The fourth-order valence-electron chi connectivity index (χ4n) is 1.93. The largest absolute Gasteiger partial charge is 0.481 e. The van der Waals surface area contributed by atoms with Gasteiger partial charge in [-0.1, -0.05) is 29.3 Å². The van der Waals surface area contributed by atoms with Crippen molar-refractivity contribution in [2.45, 2.75) is 26.9 Å². The van der Waals surface area contributed by atoms with Crippen molar-refractivity contribution in [1.82, 2.24) is 0 Å². The van der Waals surface area contributed by atoms with Gasteiger partial charge in [0, 0.05) is 15.7 Å². The summed E-state index contributed by atoms with van der Waals surface area (Å²) in [6.45, 7) is 5.43. The number of carbonyl (C=O) groups excluding carboxylic acids is 1. The maximum absolute atomic E-state index is 12.2. The van der Waals surface area contributed by atoms with E-state index in [2.05, 4.69) is 5.32 Å². The Bertz CT molecular complexity index is 701. The molecule has 1 atom stereocenters. The second-order valence-electron chi connectivity index (χ2n) is 5.07. The molecule has 2 rings (SSSR count). The van der Waals surface area contributed by atoms with Crippen LogP contribution < -0.4 is 10.1 Å². The average Bonchev–Trinajstić information content (AvgIpc) is 2.47. The monoisotopic (exact) mass is 337 g/mol. The van der Waals surface area contributed by atoms with Gasteiger partial charge in [0.05, 0.1) is 0 Å². The molecule has 0 fully saturated rings. The Balaban J connectivity index is 2.06. The van der Waals surface area contributed by atoms with Crippen molar-refractivity contribution >= 4 is 34.8 Å². The van der Waals surface area contributed by atoms with Gasteiger partial charge in [0.15, 0.2) is 6.10 Å². The fraction of sp³-hybridized carbons (Fsp3) is 0.235. The van der Waals surface area contributed by atoms with Crippen molar-refractivity contribution in [1.29, 1.82) is 0 Å². The first kappa shape index (κ1) is 16.7. The summed E-state index contributed by atoms with van der Waals surface area (Å²) in [5.74, 6) is 0.366. The summed E-state index contributed by atoms with van der Waals surface area (Å²) in [6, 6.07) is 10.7. The van der Waals surface area contributed by atoms with Crippen LogP contribution in [-0.2, 0) is 4.79 Å². The van der Waals surface area contributed by atoms with E-state index >= 15 is 0 Å². The summed E-state index contributed by atoms with van der Waals surface area (Å²) in [6.07, 6.45) is -0.640. The molecule has 0 bridgehead atoms. The van der Waals surface area contributed by atoms with Gasteiger partial charge in [-0.3, -0.25) is 4.79 Å². The van der Waals surface area contributed by atoms with Gasteiger partial charge >= 0.3 is 0 Å². The van der Waals surface area contributed by atoms with Crippen LogP contribution in [0.5, 0.6) is 5.75 Å². The van der Waals surface area contributed by atoms with Gasteiger partial charge in [0.2, 0.25) is 0 Å². The van der Waals surface area contributed by atoms with E-state index in [-0.39, 0.29) is 5.91 Å². The molecular weight excluding hydrogens is 321 g/mol. The topological polar surface area (TPSA) is 38.3 Å². The fourth-order valence-corrected chi connectivity index (χ4v) is 2.22. The Labute approximate surface area is 140 Å². The molecule has 3 nitrogen and oxygen atoms in total. The van der Waals surface area contributed by atoms with E-state index in [1.807, 2.05) is 13.8 Å². The first-order chi connectivity index (χ1) is 10.4. The second-order valence-corrected chi connectivity index (χ2v) is 5.89. The predicted molar refractivity (Wildman–Crippen MR) is 91.1 cm³/mol. The molecule has 0 aromatic heterocycles. The van der Waals surface area contributed by atoms with Crippen LogP contribution in [0, 0.1) is 13.8 Å². The lowest BCUT2D eigenvalue weighted by atomic mass is 10.2. The molecular formula is C17H17Cl2NO2. The summed E-state index contributed by atoms with van der Waals surface area (Å²) >= 11 is 12.0. The zero-order valence-electron chi connectivity index (χ0n) is 12.6. The van der Waals surface area contributed by atoms with Crippen molar-refractivity contribution in [2.75, 3.05) is 5.32 Å². The van der Waals surface area contributed by atoms with E-state index in [0.717, 1.165) is 11.1 Å². The number of hydrogen-bond donors (Lipinski definition) is 1. The molecule has 0 aliphatic carbocycles. The van der Waals surface area contributed by atoms with Crippen LogP contribution in [0.25, 0.3) is 0 Å². The zero-order valence-corrected chi connectivity index (χ0v) is 14.1. The highest BCUT2D eigenvalue weighted by Gasteiger charge is 2.16. The number of halogens is 2. The summed E-state index contributed by atoms with van der Waals surface area (Å²) in [5.41, 5.74) is 2.41. The molecule has 1 N–H and O–H groups in total. The van der Waals surface area contributed by atoms with Gasteiger partial charge in [-0.2, -0.15) is 0 Å². The molecule has 0 aliphatic rings.